The zero-order chi connectivity index (χ0) is 16.9. The van der Waals surface area contributed by atoms with E-state index in [-0.39, 0.29) is 11.7 Å². The SMILES string of the molecule is CCS(=O)(=O)Nc1ccc(C(=O)N(C)Cc2ccccc2)cc1. The van der Waals surface area contributed by atoms with E-state index in [0.29, 0.717) is 17.8 Å². The highest BCUT2D eigenvalue weighted by Gasteiger charge is 2.13. The molecular weight excluding hydrogens is 312 g/mol. The van der Waals surface area contributed by atoms with Crippen LogP contribution in [-0.2, 0) is 16.6 Å². The van der Waals surface area contributed by atoms with E-state index in [9.17, 15) is 13.2 Å². The average molecular weight is 332 g/mol. The fourth-order valence-electron chi connectivity index (χ4n) is 2.08. The summed E-state index contributed by atoms with van der Waals surface area (Å²) in [4.78, 5) is 14.0. The Balaban J connectivity index is 2.05. The van der Waals surface area contributed by atoms with Crippen molar-refractivity contribution < 1.29 is 13.2 Å². The van der Waals surface area contributed by atoms with E-state index in [1.54, 1.807) is 43.1 Å². The number of sulfonamides is 1. The summed E-state index contributed by atoms with van der Waals surface area (Å²) in [5.74, 6) is -0.105. The summed E-state index contributed by atoms with van der Waals surface area (Å²) < 4.78 is 25.5. The van der Waals surface area contributed by atoms with Crippen LogP contribution in [0, 0.1) is 0 Å². The fraction of sp³-hybridized carbons (Fsp3) is 0.235. The van der Waals surface area contributed by atoms with E-state index in [4.69, 9.17) is 0 Å². The third-order valence-electron chi connectivity index (χ3n) is 3.39. The molecule has 6 heteroatoms. The zero-order valence-corrected chi connectivity index (χ0v) is 14.0. The van der Waals surface area contributed by atoms with Crippen molar-refractivity contribution in [3.8, 4) is 0 Å². The summed E-state index contributed by atoms with van der Waals surface area (Å²) in [5.41, 5.74) is 2.02. The lowest BCUT2D eigenvalue weighted by Crippen LogP contribution is -2.26. The summed E-state index contributed by atoms with van der Waals surface area (Å²) >= 11 is 0. The van der Waals surface area contributed by atoms with Crippen LogP contribution < -0.4 is 4.72 Å². The van der Waals surface area contributed by atoms with Gasteiger partial charge in [0, 0.05) is 24.8 Å². The molecule has 0 atom stereocenters. The first-order valence-corrected chi connectivity index (χ1v) is 8.96. The summed E-state index contributed by atoms with van der Waals surface area (Å²) in [5, 5.41) is 0. The molecule has 0 unspecified atom stereocenters. The lowest BCUT2D eigenvalue weighted by Gasteiger charge is -2.17. The number of hydrogen-bond acceptors (Lipinski definition) is 3. The van der Waals surface area contributed by atoms with Gasteiger partial charge in [-0.25, -0.2) is 8.42 Å². The van der Waals surface area contributed by atoms with Crippen molar-refractivity contribution in [2.45, 2.75) is 13.5 Å². The molecule has 0 aliphatic rings. The Morgan fingerprint density at radius 3 is 2.22 bits per heavy atom. The molecule has 0 saturated carbocycles. The molecule has 1 amide bonds. The van der Waals surface area contributed by atoms with Crippen LogP contribution in [-0.4, -0.2) is 32.0 Å². The van der Waals surface area contributed by atoms with Crippen molar-refractivity contribution in [2.24, 2.45) is 0 Å². The maximum Gasteiger partial charge on any atom is 0.253 e. The van der Waals surface area contributed by atoms with Gasteiger partial charge in [0.05, 0.1) is 5.75 Å². The standard InChI is InChI=1S/C17H20N2O3S/c1-3-23(21,22)18-16-11-9-15(10-12-16)17(20)19(2)13-14-7-5-4-6-8-14/h4-12,18H,3,13H2,1-2H3. The lowest BCUT2D eigenvalue weighted by atomic mass is 10.1. The third-order valence-corrected chi connectivity index (χ3v) is 4.70. The molecule has 0 radical (unpaired) electrons. The maximum atomic E-state index is 12.4. The summed E-state index contributed by atoms with van der Waals surface area (Å²) in [7, 11) is -1.57. The van der Waals surface area contributed by atoms with Gasteiger partial charge in [0.25, 0.3) is 5.91 Å². The number of nitrogens with zero attached hydrogens (tertiary/aromatic N) is 1. The number of amides is 1. The van der Waals surface area contributed by atoms with Crippen LogP contribution in [0.2, 0.25) is 0 Å². The Morgan fingerprint density at radius 1 is 1.04 bits per heavy atom. The van der Waals surface area contributed by atoms with Crippen molar-refractivity contribution >= 4 is 21.6 Å². The first-order valence-electron chi connectivity index (χ1n) is 7.31. The number of carbonyl (C=O) groups is 1. The van der Waals surface area contributed by atoms with Gasteiger partial charge in [-0.3, -0.25) is 9.52 Å². The molecule has 2 aromatic rings. The van der Waals surface area contributed by atoms with Gasteiger partial charge in [-0.2, -0.15) is 0 Å². The van der Waals surface area contributed by atoms with Gasteiger partial charge in [0.2, 0.25) is 10.0 Å². The topological polar surface area (TPSA) is 66.5 Å². The molecule has 2 aromatic carbocycles. The first-order chi connectivity index (χ1) is 10.9. The molecule has 0 aliphatic heterocycles. The van der Waals surface area contributed by atoms with Crippen LogP contribution in [0.5, 0.6) is 0 Å². The number of carbonyl (C=O) groups excluding carboxylic acids is 1. The summed E-state index contributed by atoms with van der Waals surface area (Å²) in [6, 6.07) is 16.2. The molecule has 0 heterocycles. The van der Waals surface area contributed by atoms with E-state index in [2.05, 4.69) is 4.72 Å². The van der Waals surface area contributed by atoms with E-state index >= 15 is 0 Å². The number of hydrogen-bond donors (Lipinski definition) is 1. The molecule has 122 valence electrons. The van der Waals surface area contributed by atoms with E-state index in [1.165, 1.54) is 0 Å². The predicted molar refractivity (Wildman–Crippen MR) is 91.8 cm³/mol. The smallest absolute Gasteiger partial charge is 0.253 e. The van der Waals surface area contributed by atoms with Crippen LogP contribution in [0.1, 0.15) is 22.8 Å². The van der Waals surface area contributed by atoms with Gasteiger partial charge in [0.1, 0.15) is 0 Å². The summed E-state index contributed by atoms with van der Waals surface area (Å²) in [6.07, 6.45) is 0. The minimum Gasteiger partial charge on any atom is -0.337 e. The molecule has 23 heavy (non-hydrogen) atoms. The minimum absolute atomic E-state index is 0.00744. The lowest BCUT2D eigenvalue weighted by molar-refractivity contribution is 0.0785. The van der Waals surface area contributed by atoms with Crippen molar-refractivity contribution in [3.63, 3.8) is 0 Å². The van der Waals surface area contributed by atoms with Crippen molar-refractivity contribution in [3.05, 3.63) is 65.7 Å². The van der Waals surface area contributed by atoms with Gasteiger partial charge < -0.3 is 4.90 Å². The normalized spacial score (nSPS) is 11.0. The molecule has 0 bridgehead atoms. The maximum absolute atomic E-state index is 12.4. The molecular formula is C17H20N2O3S. The first kappa shape index (κ1) is 17.0. The second kappa shape index (κ2) is 7.28. The Bertz CT molecular complexity index is 756. The highest BCUT2D eigenvalue weighted by atomic mass is 32.2. The van der Waals surface area contributed by atoms with Crippen molar-refractivity contribution in [1.82, 2.24) is 4.90 Å². The number of nitrogens with one attached hydrogen (secondary N) is 1. The van der Waals surface area contributed by atoms with Gasteiger partial charge in [-0.1, -0.05) is 30.3 Å². The molecule has 0 saturated heterocycles. The van der Waals surface area contributed by atoms with Crippen LogP contribution in [0.3, 0.4) is 0 Å². The van der Waals surface area contributed by atoms with Gasteiger partial charge in [-0.05, 0) is 36.8 Å². The summed E-state index contributed by atoms with van der Waals surface area (Å²) in [6.45, 7) is 2.09. The van der Waals surface area contributed by atoms with Crippen molar-refractivity contribution in [2.75, 3.05) is 17.5 Å². The quantitative estimate of drug-likeness (QED) is 0.884. The fourth-order valence-corrected chi connectivity index (χ4v) is 2.72. The molecule has 0 spiro atoms. The van der Waals surface area contributed by atoms with Crippen LogP contribution in [0.15, 0.2) is 54.6 Å². The van der Waals surface area contributed by atoms with E-state index in [1.807, 2.05) is 30.3 Å². The molecule has 2 rings (SSSR count). The van der Waals surface area contributed by atoms with Gasteiger partial charge >= 0.3 is 0 Å². The molecule has 0 aliphatic carbocycles. The molecule has 0 fully saturated rings. The molecule has 1 N–H and O–H groups in total. The second-order valence-electron chi connectivity index (χ2n) is 5.23. The number of anilines is 1. The van der Waals surface area contributed by atoms with Crippen molar-refractivity contribution in [1.29, 1.82) is 0 Å². The third kappa shape index (κ3) is 4.82. The van der Waals surface area contributed by atoms with Gasteiger partial charge in [0.15, 0.2) is 0 Å². The van der Waals surface area contributed by atoms with Gasteiger partial charge in [-0.15, -0.1) is 0 Å². The second-order valence-corrected chi connectivity index (χ2v) is 7.24. The van der Waals surface area contributed by atoms with E-state index < -0.39 is 10.0 Å². The van der Waals surface area contributed by atoms with Crippen LogP contribution >= 0.6 is 0 Å². The average Bonchev–Trinajstić information content (AvgIpc) is 2.55. The minimum atomic E-state index is -3.31. The molecule has 0 aromatic heterocycles. The monoisotopic (exact) mass is 332 g/mol. The Labute approximate surface area is 137 Å². The Morgan fingerprint density at radius 2 is 1.65 bits per heavy atom. The number of benzene rings is 2. The molecule has 5 nitrogen and oxygen atoms in total. The highest BCUT2D eigenvalue weighted by Crippen LogP contribution is 2.14. The zero-order valence-electron chi connectivity index (χ0n) is 13.2. The highest BCUT2D eigenvalue weighted by molar-refractivity contribution is 7.92. The predicted octanol–water partition coefficient (Wildman–Crippen LogP) is 2.72. The number of rotatable bonds is 6. The largest absolute Gasteiger partial charge is 0.337 e. The Kier molecular flexibility index (Phi) is 5.39. The van der Waals surface area contributed by atoms with Crippen LogP contribution in [0.25, 0.3) is 0 Å². The van der Waals surface area contributed by atoms with Crippen LogP contribution in [0.4, 0.5) is 5.69 Å². The Hall–Kier alpha value is -2.34. The van der Waals surface area contributed by atoms with E-state index in [0.717, 1.165) is 5.56 Å².